The molecule has 28 heavy (non-hydrogen) atoms. The van der Waals surface area contributed by atoms with Crippen LogP contribution in [0.3, 0.4) is 0 Å². The van der Waals surface area contributed by atoms with Crippen molar-refractivity contribution in [2.24, 2.45) is 5.92 Å². The summed E-state index contributed by atoms with van der Waals surface area (Å²) < 4.78 is 19.8. The van der Waals surface area contributed by atoms with Gasteiger partial charge in [-0.1, -0.05) is 29.3 Å². The number of halogens is 3. The highest BCUT2D eigenvalue weighted by Crippen LogP contribution is 2.44. The monoisotopic (exact) mass is 421 g/mol. The van der Waals surface area contributed by atoms with Gasteiger partial charge in [0.2, 0.25) is 0 Å². The van der Waals surface area contributed by atoms with E-state index in [2.05, 4.69) is 4.90 Å². The van der Waals surface area contributed by atoms with Gasteiger partial charge >= 0.3 is 0 Å². The lowest BCUT2D eigenvalue weighted by molar-refractivity contribution is 0.130. The Balaban J connectivity index is 1.30. The van der Waals surface area contributed by atoms with E-state index in [-0.39, 0.29) is 5.82 Å². The van der Waals surface area contributed by atoms with Crippen LogP contribution in [0.2, 0.25) is 10.0 Å². The third-order valence-electron chi connectivity index (χ3n) is 5.71. The maximum atomic E-state index is 13.7. The van der Waals surface area contributed by atoms with Crippen LogP contribution in [-0.2, 0) is 6.42 Å². The molecule has 1 aliphatic heterocycles. The van der Waals surface area contributed by atoms with Crippen molar-refractivity contribution >= 4 is 23.2 Å². The molecule has 0 radical (unpaired) electrons. The van der Waals surface area contributed by atoms with Crippen molar-refractivity contribution in [1.29, 1.82) is 0 Å². The zero-order valence-electron chi connectivity index (χ0n) is 16.0. The Morgan fingerprint density at radius 2 is 1.82 bits per heavy atom. The minimum Gasteiger partial charge on any atom is -0.493 e. The lowest BCUT2D eigenvalue weighted by Gasteiger charge is -2.32. The summed E-state index contributed by atoms with van der Waals surface area (Å²) in [5.41, 5.74) is 2.34. The molecule has 1 atom stereocenters. The molecule has 1 heterocycles. The molecule has 1 saturated heterocycles. The summed E-state index contributed by atoms with van der Waals surface area (Å²) in [7, 11) is 0. The number of rotatable bonds is 7. The molecule has 4 rings (SSSR count). The van der Waals surface area contributed by atoms with Gasteiger partial charge in [0, 0.05) is 35.1 Å². The third kappa shape index (κ3) is 5.40. The Kier molecular flexibility index (Phi) is 6.45. The highest BCUT2D eigenvalue weighted by molar-refractivity contribution is 6.34. The van der Waals surface area contributed by atoms with Gasteiger partial charge in [0.25, 0.3) is 0 Å². The molecule has 1 saturated carbocycles. The maximum absolute atomic E-state index is 13.7. The van der Waals surface area contributed by atoms with Gasteiger partial charge in [0.05, 0.1) is 6.61 Å². The zero-order chi connectivity index (χ0) is 19.5. The van der Waals surface area contributed by atoms with Crippen LogP contribution in [0.1, 0.15) is 42.7 Å². The van der Waals surface area contributed by atoms with Crippen molar-refractivity contribution in [1.82, 2.24) is 4.90 Å². The molecular weight excluding hydrogens is 396 g/mol. The molecule has 1 unspecified atom stereocenters. The maximum Gasteiger partial charge on any atom is 0.126 e. The highest BCUT2D eigenvalue weighted by Gasteiger charge is 2.28. The topological polar surface area (TPSA) is 12.5 Å². The van der Waals surface area contributed by atoms with Gasteiger partial charge in [0.15, 0.2) is 0 Å². The van der Waals surface area contributed by atoms with Crippen molar-refractivity contribution in [2.75, 3.05) is 26.2 Å². The second-order valence-corrected chi connectivity index (χ2v) is 8.98. The van der Waals surface area contributed by atoms with E-state index in [9.17, 15) is 4.39 Å². The van der Waals surface area contributed by atoms with Crippen LogP contribution < -0.4 is 4.74 Å². The summed E-state index contributed by atoms with van der Waals surface area (Å²) in [5.74, 6) is 1.56. The fourth-order valence-electron chi connectivity index (χ4n) is 4.11. The van der Waals surface area contributed by atoms with Crippen molar-refractivity contribution in [3.8, 4) is 5.75 Å². The van der Waals surface area contributed by atoms with Crippen LogP contribution >= 0.6 is 23.2 Å². The molecular formula is C23H26Cl2FNO. The van der Waals surface area contributed by atoms with E-state index in [0.29, 0.717) is 28.5 Å². The minimum absolute atomic E-state index is 0.218. The standard InChI is InChI=1S/C23H26Cl2FNO/c24-19-10-16(11-20(25)12-19)7-9-27-8-1-2-17(14-27)15-28-23-13-21(26)5-6-22(23)18-3-4-18/h5-6,10-13,17-18H,1-4,7-9,14-15H2. The largest absolute Gasteiger partial charge is 0.493 e. The molecule has 0 bridgehead atoms. The van der Waals surface area contributed by atoms with Gasteiger partial charge in [0.1, 0.15) is 11.6 Å². The quantitative estimate of drug-likeness (QED) is 0.516. The Morgan fingerprint density at radius 3 is 2.57 bits per heavy atom. The third-order valence-corrected chi connectivity index (χ3v) is 6.15. The lowest BCUT2D eigenvalue weighted by Crippen LogP contribution is -2.38. The molecule has 2 aromatic carbocycles. The zero-order valence-corrected chi connectivity index (χ0v) is 17.5. The van der Waals surface area contributed by atoms with Crippen molar-refractivity contribution in [3.63, 3.8) is 0 Å². The van der Waals surface area contributed by atoms with E-state index < -0.39 is 0 Å². The highest BCUT2D eigenvalue weighted by atomic mass is 35.5. The van der Waals surface area contributed by atoms with Gasteiger partial charge in [-0.15, -0.1) is 0 Å². The number of likely N-dealkylation sites (tertiary alicyclic amines) is 1. The Morgan fingerprint density at radius 1 is 1.04 bits per heavy atom. The molecule has 150 valence electrons. The molecule has 2 fully saturated rings. The predicted molar refractivity (Wildman–Crippen MR) is 113 cm³/mol. The van der Waals surface area contributed by atoms with Crippen molar-refractivity contribution < 1.29 is 9.13 Å². The summed E-state index contributed by atoms with van der Waals surface area (Å²) in [4.78, 5) is 2.49. The predicted octanol–water partition coefficient (Wildman–Crippen LogP) is 6.34. The normalized spacial score (nSPS) is 20.3. The van der Waals surface area contributed by atoms with E-state index in [1.165, 1.54) is 30.4 Å². The molecule has 0 N–H and O–H groups in total. The Hall–Kier alpha value is -1.29. The summed E-state index contributed by atoms with van der Waals surface area (Å²) >= 11 is 12.2. The molecule has 5 heteroatoms. The van der Waals surface area contributed by atoms with Crippen LogP contribution in [0, 0.1) is 11.7 Å². The molecule has 2 aliphatic rings. The van der Waals surface area contributed by atoms with E-state index in [4.69, 9.17) is 27.9 Å². The first-order valence-electron chi connectivity index (χ1n) is 10.2. The Labute approximate surface area is 176 Å². The van der Waals surface area contributed by atoms with Gasteiger partial charge in [-0.25, -0.2) is 4.39 Å². The van der Waals surface area contributed by atoms with E-state index in [1.54, 1.807) is 18.2 Å². The summed E-state index contributed by atoms with van der Waals surface area (Å²) in [6.07, 6.45) is 5.64. The number of piperidine rings is 1. The summed E-state index contributed by atoms with van der Waals surface area (Å²) in [6.45, 7) is 3.77. The van der Waals surface area contributed by atoms with E-state index >= 15 is 0 Å². The lowest BCUT2D eigenvalue weighted by atomic mass is 9.98. The van der Waals surface area contributed by atoms with E-state index in [0.717, 1.165) is 38.2 Å². The SMILES string of the molecule is Fc1ccc(C2CC2)c(OCC2CCCN(CCc3cc(Cl)cc(Cl)c3)C2)c1. The second-order valence-electron chi connectivity index (χ2n) is 8.10. The van der Waals surface area contributed by atoms with E-state index in [1.807, 2.05) is 18.2 Å². The van der Waals surface area contributed by atoms with Crippen LogP contribution in [-0.4, -0.2) is 31.1 Å². The first kappa shape index (κ1) is 20.0. The molecule has 2 aromatic rings. The number of nitrogens with zero attached hydrogens (tertiary/aromatic N) is 1. The van der Waals surface area contributed by atoms with Gasteiger partial charge in [-0.05, 0) is 80.0 Å². The molecule has 1 aliphatic carbocycles. The van der Waals surface area contributed by atoms with Crippen LogP contribution in [0.5, 0.6) is 5.75 Å². The second kappa shape index (κ2) is 9.02. The molecule has 2 nitrogen and oxygen atoms in total. The molecule has 0 amide bonds. The number of hydrogen-bond acceptors (Lipinski definition) is 2. The number of ether oxygens (including phenoxy) is 1. The average Bonchev–Trinajstić information content (AvgIpc) is 3.49. The van der Waals surface area contributed by atoms with Gasteiger partial charge in [-0.3, -0.25) is 0 Å². The van der Waals surface area contributed by atoms with Crippen LogP contribution in [0.25, 0.3) is 0 Å². The van der Waals surface area contributed by atoms with Crippen molar-refractivity contribution in [3.05, 3.63) is 63.4 Å². The van der Waals surface area contributed by atoms with Gasteiger partial charge in [-0.2, -0.15) is 0 Å². The number of hydrogen-bond donors (Lipinski definition) is 0. The average molecular weight is 422 g/mol. The van der Waals surface area contributed by atoms with Crippen LogP contribution in [0.4, 0.5) is 4.39 Å². The Bertz CT molecular complexity index is 804. The summed E-state index contributed by atoms with van der Waals surface area (Å²) in [5, 5.41) is 1.38. The fraction of sp³-hybridized carbons (Fsp3) is 0.478. The number of benzene rings is 2. The summed E-state index contributed by atoms with van der Waals surface area (Å²) in [6, 6.07) is 10.7. The molecule has 0 spiro atoms. The fourth-order valence-corrected chi connectivity index (χ4v) is 4.68. The first-order valence-corrected chi connectivity index (χ1v) is 10.9. The van der Waals surface area contributed by atoms with Crippen LogP contribution in [0.15, 0.2) is 36.4 Å². The minimum atomic E-state index is -0.218. The van der Waals surface area contributed by atoms with Crippen molar-refractivity contribution in [2.45, 2.75) is 38.0 Å². The smallest absolute Gasteiger partial charge is 0.126 e. The first-order chi connectivity index (χ1) is 13.6. The molecule has 0 aromatic heterocycles. The van der Waals surface area contributed by atoms with Gasteiger partial charge < -0.3 is 9.64 Å².